The highest BCUT2D eigenvalue weighted by molar-refractivity contribution is 6.09. The van der Waals surface area contributed by atoms with Crippen molar-refractivity contribution < 1.29 is 0 Å². The summed E-state index contributed by atoms with van der Waals surface area (Å²) >= 11 is 0. The van der Waals surface area contributed by atoms with Crippen LogP contribution in [0.1, 0.15) is 19.4 Å². The van der Waals surface area contributed by atoms with E-state index in [9.17, 15) is 0 Å². The Morgan fingerprint density at radius 1 is 1.29 bits per heavy atom. The van der Waals surface area contributed by atoms with E-state index in [4.69, 9.17) is 0 Å². The largest absolute Gasteiger partial charge is 0.261 e. The van der Waals surface area contributed by atoms with Crippen LogP contribution in [-0.4, -0.2) is 6.21 Å². The second-order valence-electron chi connectivity index (χ2n) is 3.08. The summed E-state index contributed by atoms with van der Waals surface area (Å²) in [6, 6.07) is 10.0. The van der Waals surface area contributed by atoms with Crippen LogP contribution in [0.25, 0.3) is 5.57 Å². The molecule has 0 radical (unpaired) electrons. The van der Waals surface area contributed by atoms with Gasteiger partial charge in [-0.05, 0) is 25.0 Å². The maximum atomic E-state index is 4.26. The van der Waals surface area contributed by atoms with E-state index < -0.39 is 0 Å². The van der Waals surface area contributed by atoms with Crippen molar-refractivity contribution in [2.45, 2.75) is 13.8 Å². The minimum absolute atomic E-state index is 0.937. The van der Waals surface area contributed by atoms with Gasteiger partial charge < -0.3 is 0 Å². The van der Waals surface area contributed by atoms with Crippen molar-refractivity contribution in [3.8, 4) is 0 Å². The fourth-order valence-electron chi connectivity index (χ4n) is 0.981. The molecule has 1 aromatic carbocycles. The van der Waals surface area contributed by atoms with Crippen molar-refractivity contribution in [2.24, 2.45) is 4.99 Å². The SMILES string of the molecule is C=C(/C=N\C(C)=C/C)c1ccccc1. The first-order chi connectivity index (χ1) is 6.74. The Kier molecular flexibility index (Phi) is 3.86. The van der Waals surface area contributed by atoms with Gasteiger partial charge in [0.05, 0.1) is 0 Å². The smallest absolute Gasteiger partial charge is 0.0343 e. The lowest BCUT2D eigenvalue weighted by molar-refractivity contribution is 1.30. The summed E-state index contributed by atoms with van der Waals surface area (Å²) in [6.07, 6.45) is 3.76. The number of benzene rings is 1. The van der Waals surface area contributed by atoms with E-state index in [1.807, 2.05) is 50.3 Å². The number of nitrogens with zero attached hydrogens (tertiary/aromatic N) is 1. The number of rotatable bonds is 3. The molecule has 0 atom stereocenters. The highest BCUT2D eigenvalue weighted by Gasteiger charge is 1.92. The van der Waals surface area contributed by atoms with Gasteiger partial charge in [-0.15, -0.1) is 0 Å². The number of allylic oxidation sites excluding steroid dienone is 3. The molecule has 0 spiro atoms. The first-order valence-corrected chi connectivity index (χ1v) is 4.65. The summed E-state index contributed by atoms with van der Waals surface area (Å²) in [5.41, 5.74) is 3.05. The molecular formula is C13H15N. The van der Waals surface area contributed by atoms with Crippen LogP contribution in [0.15, 0.2) is 53.7 Å². The second-order valence-corrected chi connectivity index (χ2v) is 3.08. The number of aliphatic imine (C=N–C) groups is 1. The molecule has 0 saturated carbocycles. The van der Waals surface area contributed by atoms with Crippen molar-refractivity contribution in [2.75, 3.05) is 0 Å². The van der Waals surface area contributed by atoms with Crippen LogP contribution in [0.4, 0.5) is 0 Å². The van der Waals surface area contributed by atoms with Crippen LogP contribution >= 0.6 is 0 Å². The second kappa shape index (κ2) is 5.18. The van der Waals surface area contributed by atoms with Gasteiger partial charge in [0.15, 0.2) is 0 Å². The summed E-state index contributed by atoms with van der Waals surface area (Å²) in [4.78, 5) is 4.26. The summed E-state index contributed by atoms with van der Waals surface area (Å²) < 4.78 is 0. The molecule has 0 N–H and O–H groups in total. The van der Waals surface area contributed by atoms with E-state index in [-0.39, 0.29) is 0 Å². The molecular weight excluding hydrogens is 170 g/mol. The lowest BCUT2D eigenvalue weighted by Gasteiger charge is -1.98. The van der Waals surface area contributed by atoms with E-state index in [1.54, 1.807) is 6.21 Å². The molecule has 0 aliphatic heterocycles. The summed E-state index contributed by atoms with van der Waals surface area (Å²) in [6.45, 7) is 7.89. The minimum atomic E-state index is 0.937. The standard InChI is InChI=1S/C13H15N/c1-4-12(3)14-10-11(2)13-8-6-5-7-9-13/h4-10H,2H2,1,3H3/b12-4-,14-10-. The van der Waals surface area contributed by atoms with Crippen molar-refractivity contribution in [1.29, 1.82) is 0 Å². The van der Waals surface area contributed by atoms with Gasteiger partial charge in [0.25, 0.3) is 0 Å². The van der Waals surface area contributed by atoms with Crippen LogP contribution in [0.5, 0.6) is 0 Å². The molecule has 1 rings (SSSR count). The van der Waals surface area contributed by atoms with Gasteiger partial charge >= 0.3 is 0 Å². The third kappa shape index (κ3) is 3.02. The Bertz CT molecular complexity index is 358. The average Bonchev–Trinajstić information content (AvgIpc) is 2.26. The monoisotopic (exact) mass is 185 g/mol. The Morgan fingerprint density at radius 3 is 2.50 bits per heavy atom. The molecule has 0 aromatic heterocycles. The third-order valence-electron chi connectivity index (χ3n) is 1.99. The Balaban J connectivity index is 2.74. The highest BCUT2D eigenvalue weighted by Crippen LogP contribution is 2.09. The molecule has 0 bridgehead atoms. The molecule has 0 aliphatic carbocycles. The number of hydrogen-bond donors (Lipinski definition) is 0. The van der Waals surface area contributed by atoms with Gasteiger partial charge in [0.2, 0.25) is 0 Å². The van der Waals surface area contributed by atoms with Gasteiger partial charge in [0.1, 0.15) is 0 Å². The normalized spacial score (nSPS) is 12.0. The Hall–Kier alpha value is -1.63. The summed E-state index contributed by atoms with van der Waals surface area (Å²) in [5, 5.41) is 0. The van der Waals surface area contributed by atoms with Gasteiger partial charge in [-0.1, -0.05) is 43.0 Å². The first kappa shape index (κ1) is 10.5. The molecule has 0 fully saturated rings. The molecule has 0 saturated heterocycles. The van der Waals surface area contributed by atoms with Gasteiger partial charge in [-0.3, -0.25) is 4.99 Å². The topological polar surface area (TPSA) is 12.4 Å². The van der Waals surface area contributed by atoms with E-state index >= 15 is 0 Å². The van der Waals surface area contributed by atoms with Gasteiger partial charge in [-0.25, -0.2) is 0 Å². The molecule has 1 aromatic rings. The van der Waals surface area contributed by atoms with Gasteiger partial charge in [0, 0.05) is 11.9 Å². The van der Waals surface area contributed by atoms with E-state index in [0.29, 0.717) is 0 Å². The predicted octanol–water partition coefficient (Wildman–Crippen LogP) is 3.69. The fraction of sp³-hybridized carbons (Fsp3) is 0.154. The predicted molar refractivity (Wildman–Crippen MR) is 63.4 cm³/mol. The van der Waals surface area contributed by atoms with Crippen molar-refractivity contribution in [3.05, 3.63) is 54.2 Å². The average molecular weight is 185 g/mol. The minimum Gasteiger partial charge on any atom is -0.261 e. The van der Waals surface area contributed by atoms with Crippen molar-refractivity contribution >= 4 is 11.8 Å². The summed E-state index contributed by atoms with van der Waals surface area (Å²) in [7, 11) is 0. The molecule has 0 heterocycles. The maximum Gasteiger partial charge on any atom is 0.0343 e. The molecule has 1 nitrogen and oxygen atoms in total. The number of hydrogen-bond acceptors (Lipinski definition) is 1. The van der Waals surface area contributed by atoms with E-state index in [0.717, 1.165) is 16.8 Å². The lowest BCUT2D eigenvalue weighted by Crippen LogP contribution is -1.83. The molecule has 1 heteroatoms. The van der Waals surface area contributed by atoms with Crippen LogP contribution in [0, 0.1) is 0 Å². The fourth-order valence-corrected chi connectivity index (χ4v) is 0.981. The first-order valence-electron chi connectivity index (χ1n) is 4.65. The molecule has 0 amide bonds. The zero-order chi connectivity index (χ0) is 10.4. The van der Waals surface area contributed by atoms with Crippen molar-refractivity contribution in [3.63, 3.8) is 0 Å². The van der Waals surface area contributed by atoms with Gasteiger partial charge in [-0.2, -0.15) is 0 Å². The quantitative estimate of drug-likeness (QED) is 0.637. The Morgan fingerprint density at radius 2 is 1.93 bits per heavy atom. The molecule has 14 heavy (non-hydrogen) atoms. The van der Waals surface area contributed by atoms with Crippen LogP contribution in [0.2, 0.25) is 0 Å². The zero-order valence-electron chi connectivity index (χ0n) is 8.70. The van der Waals surface area contributed by atoms with Crippen LogP contribution < -0.4 is 0 Å². The maximum absolute atomic E-state index is 4.26. The van der Waals surface area contributed by atoms with Crippen LogP contribution in [0.3, 0.4) is 0 Å². The third-order valence-corrected chi connectivity index (χ3v) is 1.99. The van der Waals surface area contributed by atoms with Crippen molar-refractivity contribution in [1.82, 2.24) is 0 Å². The molecule has 0 aliphatic rings. The molecule has 0 unspecified atom stereocenters. The van der Waals surface area contributed by atoms with E-state index in [1.165, 1.54) is 0 Å². The zero-order valence-corrected chi connectivity index (χ0v) is 8.70. The van der Waals surface area contributed by atoms with Crippen LogP contribution in [-0.2, 0) is 0 Å². The lowest BCUT2D eigenvalue weighted by atomic mass is 10.1. The molecule has 72 valence electrons. The summed E-state index contributed by atoms with van der Waals surface area (Å²) in [5.74, 6) is 0. The highest BCUT2D eigenvalue weighted by atomic mass is 14.7. The van der Waals surface area contributed by atoms with E-state index in [2.05, 4.69) is 11.6 Å². The Labute approximate surface area is 85.5 Å².